The molecule has 1 N–H and O–H groups in total. The van der Waals surface area contributed by atoms with E-state index in [-0.39, 0.29) is 11.1 Å². The molecule has 1 unspecified atom stereocenters. The number of carbonyl (C=O) groups excluding carboxylic acids is 1. The molecule has 1 aliphatic rings. The van der Waals surface area contributed by atoms with Crippen LogP contribution in [-0.4, -0.2) is 10.7 Å². The molecule has 2 aromatic rings. The van der Waals surface area contributed by atoms with Gasteiger partial charge in [-0.1, -0.05) is 18.2 Å². The maximum atomic E-state index is 12.1. The number of rotatable bonds is 1. The first kappa shape index (κ1) is 12.2. The lowest BCUT2D eigenvalue weighted by atomic mass is 10.0. The molecule has 96 valence electrons. The van der Waals surface area contributed by atoms with Crippen LogP contribution in [0.25, 0.3) is 11.1 Å². The lowest BCUT2D eigenvalue weighted by Gasteiger charge is -2.24. The minimum absolute atomic E-state index is 0.0574. The monoisotopic (exact) mass is 274 g/mol. The Balaban J connectivity index is 2.31. The standard InChI is InChI=1S/C14H11O4P/c1-9(15)10-6-7-13-12(8-10)11-4-2-3-5-14(11)19(16,17)18-13/h2-8H,1H3,(H,16,17). The minimum atomic E-state index is -3.83. The second-order valence-electron chi connectivity index (χ2n) is 4.40. The van der Waals surface area contributed by atoms with Gasteiger partial charge in [0.15, 0.2) is 5.78 Å². The molecule has 3 rings (SSSR count). The molecule has 0 aromatic heterocycles. The topological polar surface area (TPSA) is 63.6 Å². The van der Waals surface area contributed by atoms with Crippen LogP contribution in [0, 0.1) is 0 Å². The van der Waals surface area contributed by atoms with Crippen LogP contribution < -0.4 is 9.83 Å². The van der Waals surface area contributed by atoms with E-state index in [1.807, 2.05) is 0 Å². The molecular weight excluding hydrogens is 263 g/mol. The van der Waals surface area contributed by atoms with Crippen molar-refractivity contribution < 1.29 is 18.8 Å². The molecule has 0 amide bonds. The average molecular weight is 274 g/mol. The summed E-state index contributed by atoms with van der Waals surface area (Å²) in [4.78, 5) is 21.3. The average Bonchev–Trinajstić information content (AvgIpc) is 2.38. The number of ketones is 1. The van der Waals surface area contributed by atoms with Gasteiger partial charge in [0.2, 0.25) is 0 Å². The molecule has 0 aliphatic carbocycles. The number of hydrogen-bond donors (Lipinski definition) is 1. The quantitative estimate of drug-likeness (QED) is 0.641. The van der Waals surface area contributed by atoms with Gasteiger partial charge in [-0.05, 0) is 31.2 Å². The highest BCUT2D eigenvalue weighted by Gasteiger charge is 2.34. The molecule has 4 nitrogen and oxygen atoms in total. The maximum absolute atomic E-state index is 12.1. The summed E-state index contributed by atoms with van der Waals surface area (Å²) in [6.45, 7) is 1.48. The zero-order chi connectivity index (χ0) is 13.6. The highest BCUT2D eigenvalue weighted by atomic mass is 31.2. The van der Waals surface area contributed by atoms with Crippen molar-refractivity contribution in [2.45, 2.75) is 6.92 Å². The smallest absolute Gasteiger partial charge is 0.408 e. The van der Waals surface area contributed by atoms with E-state index in [2.05, 4.69) is 0 Å². The molecule has 1 heterocycles. The molecule has 0 saturated carbocycles. The van der Waals surface area contributed by atoms with Crippen LogP contribution in [0.4, 0.5) is 0 Å². The molecule has 1 aliphatic heterocycles. The SMILES string of the molecule is CC(=O)c1ccc2c(c1)-c1ccccc1P(=O)(O)O2. The van der Waals surface area contributed by atoms with E-state index < -0.39 is 7.60 Å². The summed E-state index contributed by atoms with van der Waals surface area (Å²) in [5.74, 6) is 0.271. The summed E-state index contributed by atoms with van der Waals surface area (Å²) < 4.78 is 17.3. The first-order chi connectivity index (χ1) is 8.99. The Morgan fingerprint density at radius 1 is 1.16 bits per heavy atom. The maximum Gasteiger partial charge on any atom is 0.408 e. The molecular formula is C14H11O4P. The molecule has 19 heavy (non-hydrogen) atoms. The third-order valence-corrected chi connectivity index (χ3v) is 4.55. The van der Waals surface area contributed by atoms with E-state index in [1.54, 1.807) is 42.5 Å². The van der Waals surface area contributed by atoms with Crippen molar-refractivity contribution in [3.8, 4) is 16.9 Å². The second-order valence-corrected chi connectivity index (χ2v) is 6.10. The van der Waals surface area contributed by atoms with Crippen molar-refractivity contribution in [3.63, 3.8) is 0 Å². The Kier molecular flexibility index (Phi) is 2.59. The largest absolute Gasteiger partial charge is 0.421 e. The van der Waals surface area contributed by atoms with Crippen molar-refractivity contribution >= 4 is 18.7 Å². The van der Waals surface area contributed by atoms with E-state index in [1.165, 1.54) is 6.92 Å². The summed E-state index contributed by atoms with van der Waals surface area (Å²) >= 11 is 0. The summed E-state index contributed by atoms with van der Waals surface area (Å²) in [6, 6.07) is 11.6. The summed E-state index contributed by atoms with van der Waals surface area (Å²) in [5, 5.41) is 0.267. The second kappa shape index (κ2) is 4.05. The Morgan fingerprint density at radius 2 is 1.89 bits per heavy atom. The number of carbonyl (C=O) groups is 1. The lowest BCUT2D eigenvalue weighted by Crippen LogP contribution is -2.17. The van der Waals surface area contributed by atoms with Crippen molar-refractivity contribution in [1.82, 2.24) is 0 Å². The van der Waals surface area contributed by atoms with Crippen molar-refractivity contribution in [2.75, 3.05) is 0 Å². The Bertz CT molecular complexity index is 736. The molecule has 1 atom stereocenters. The predicted molar refractivity (Wildman–Crippen MR) is 72.0 cm³/mol. The van der Waals surface area contributed by atoms with Crippen molar-refractivity contribution in [3.05, 3.63) is 48.0 Å². The minimum Gasteiger partial charge on any atom is -0.421 e. The fourth-order valence-corrected chi connectivity index (χ4v) is 3.47. The van der Waals surface area contributed by atoms with Crippen LogP contribution in [0.5, 0.6) is 5.75 Å². The third kappa shape index (κ3) is 1.89. The van der Waals surface area contributed by atoms with E-state index in [4.69, 9.17) is 4.52 Å². The van der Waals surface area contributed by atoms with Gasteiger partial charge in [0, 0.05) is 16.7 Å². The predicted octanol–water partition coefficient (Wildman–Crippen LogP) is 2.76. The van der Waals surface area contributed by atoms with Gasteiger partial charge in [-0.25, -0.2) is 4.57 Å². The normalized spacial score (nSPS) is 20.1. The molecule has 0 radical (unpaired) electrons. The van der Waals surface area contributed by atoms with Gasteiger partial charge in [-0.3, -0.25) is 4.79 Å². The van der Waals surface area contributed by atoms with Crippen LogP contribution in [-0.2, 0) is 4.57 Å². The van der Waals surface area contributed by atoms with E-state index >= 15 is 0 Å². The fraction of sp³-hybridized carbons (Fsp3) is 0.0714. The van der Waals surface area contributed by atoms with Crippen LogP contribution in [0.1, 0.15) is 17.3 Å². The number of fused-ring (bicyclic) bond motifs is 3. The van der Waals surface area contributed by atoms with Crippen LogP contribution in [0.2, 0.25) is 0 Å². The number of hydrogen-bond acceptors (Lipinski definition) is 3. The van der Waals surface area contributed by atoms with E-state index in [0.717, 1.165) is 0 Å². The first-order valence-corrected chi connectivity index (χ1v) is 7.34. The zero-order valence-corrected chi connectivity index (χ0v) is 11.1. The Labute approximate surface area is 110 Å². The van der Waals surface area contributed by atoms with Gasteiger partial charge in [0.1, 0.15) is 5.75 Å². The molecule has 0 bridgehead atoms. The lowest BCUT2D eigenvalue weighted by molar-refractivity contribution is 0.101. The first-order valence-electron chi connectivity index (χ1n) is 5.76. The zero-order valence-electron chi connectivity index (χ0n) is 10.2. The van der Waals surface area contributed by atoms with Gasteiger partial charge >= 0.3 is 7.60 Å². The Hall–Kier alpha value is -1.90. The fourth-order valence-electron chi connectivity index (χ4n) is 2.17. The van der Waals surface area contributed by atoms with Crippen LogP contribution in [0.3, 0.4) is 0 Å². The van der Waals surface area contributed by atoms with Gasteiger partial charge in [-0.2, -0.15) is 0 Å². The molecule has 5 heteroatoms. The van der Waals surface area contributed by atoms with E-state index in [9.17, 15) is 14.3 Å². The molecule has 2 aromatic carbocycles. The highest BCUT2D eigenvalue weighted by Crippen LogP contribution is 2.51. The van der Waals surface area contributed by atoms with Crippen molar-refractivity contribution in [2.24, 2.45) is 0 Å². The Morgan fingerprint density at radius 3 is 2.63 bits per heavy atom. The van der Waals surface area contributed by atoms with E-state index in [0.29, 0.717) is 22.4 Å². The summed E-state index contributed by atoms with van der Waals surface area (Å²) in [6.07, 6.45) is 0. The van der Waals surface area contributed by atoms with Crippen LogP contribution in [0.15, 0.2) is 42.5 Å². The summed E-state index contributed by atoms with van der Waals surface area (Å²) in [5.41, 5.74) is 1.85. The van der Waals surface area contributed by atoms with Gasteiger partial charge < -0.3 is 9.42 Å². The number of Topliss-reactive ketones (excluding diaryl/α,β-unsaturated/α-hetero) is 1. The number of benzene rings is 2. The van der Waals surface area contributed by atoms with Gasteiger partial charge in [-0.15, -0.1) is 0 Å². The third-order valence-electron chi connectivity index (χ3n) is 3.11. The van der Waals surface area contributed by atoms with Gasteiger partial charge in [0.05, 0.1) is 5.30 Å². The highest BCUT2D eigenvalue weighted by molar-refractivity contribution is 7.62. The summed E-state index contributed by atoms with van der Waals surface area (Å²) in [7, 11) is -3.83. The molecule has 0 saturated heterocycles. The van der Waals surface area contributed by atoms with Gasteiger partial charge in [0.25, 0.3) is 0 Å². The van der Waals surface area contributed by atoms with Crippen molar-refractivity contribution in [1.29, 1.82) is 0 Å². The van der Waals surface area contributed by atoms with Crippen LogP contribution >= 0.6 is 7.60 Å². The molecule has 0 spiro atoms. The molecule has 0 fully saturated rings.